The molecule has 1 nitrogen and oxygen atoms in total. The quantitative estimate of drug-likeness (QED) is 0.275. The lowest BCUT2D eigenvalue weighted by molar-refractivity contribution is 0.101. The topological polar surface area (TPSA) is 17.1 Å². The fourth-order valence-electron chi connectivity index (χ4n) is 3.27. The van der Waals surface area contributed by atoms with Crippen LogP contribution < -0.4 is 0 Å². The van der Waals surface area contributed by atoms with Crippen molar-refractivity contribution in [2.45, 2.75) is 97.3 Å². The molecule has 0 aliphatic rings. The van der Waals surface area contributed by atoms with Gasteiger partial charge >= 0.3 is 0 Å². The summed E-state index contributed by atoms with van der Waals surface area (Å²) in [6.07, 6.45) is 14.8. The molecule has 1 heteroatoms. The molecule has 0 spiro atoms. The summed E-state index contributed by atoms with van der Waals surface area (Å²) in [7, 11) is 0. The van der Waals surface area contributed by atoms with Gasteiger partial charge in [-0.25, -0.2) is 0 Å². The van der Waals surface area contributed by atoms with Gasteiger partial charge in [-0.3, -0.25) is 4.79 Å². The molecule has 0 heterocycles. The first kappa shape index (κ1) is 19.9. The molecule has 0 amide bonds. The van der Waals surface area contributed by atoms with Crippen LogP contribution in [-0.2, 0) is 0 Å². The third kappa shape index (κ3) is 8.34. The lowest BCUT2D eigenvalue weighted by Crippen LogP contribution is -2.01. The number of benzene rings is 1. The number of hydrogen-bond donors (Lipinski definition) is 0. The van der Waals surface area contributed by atoms with Crippen LogP contribution in [0.25, 0.3) is 0 Å². The molecule has 0 bridgehead atoms. The van der Waals surface area contributed by atoms with Crippen LogP contribution in [0.2, 0.25) is 0 Å². The SMILES string of the molecule is CCCCCCCCC[C@H](CCCC)c1ccc(C(C)=O)cc1. The number of carbonyl (C=O) groups is 1. The van der Waals surface area contributed by atoms with E-state index >= 15 is 0 Å². The van der Waals surface area contributed by atoms with Gasteiger partial charge in [-0.1, -0.05) is 95.9 Å². The summed E-state index contributed by atoms with van der Waals surface area (Å²) in [5.41, 5.74) is 2.26. The van der Waals surface area contributed by atoms with Crippen LogP contribution in [0.5, 0.6) is 0 Å². The first-order chi connectivity index (χ1) is 11.2. The first-order valence-electron chi connectivity index (χ1n) is 9.79. The molecule has 0 saturated heterocycles. The molecule has 0 fully saturated rings. The molecule has 0 aliphatic carbocycles. The van der Waals surface area contributed by atoms with Gasteiger partial charge in [0.05, 0.1) is 0 Å². The highest BCUT2D eigenvalue weighted by molar-refractivity contribution is 5.94. The van der Waals surface area contributed by atoms with Gasteiger partial charge in [0.1, 0.15) is 0 Å². The Hall–Kier alpha value is -1.11. The van der Waals surface area contributed by atoms with Gasteiger partial charge < -0.3 is 0 Å². The summed E-state index contributed by atoms with van der Waals surface area (Å²) in [6, 6.07) is 8.36. The number of carbonyl (C=O) groups excluding carboxylic acids is 1. The Morgan fingerprint density at radius 3 is 1.87 bits per heavy atom. The van der Waals surface area contributed by atoms with E-state index in [-0.39, 0.29) is 5.78 Å². The van der Waals surface area contributed by atoms with E-state index in [1.807, 2.05) is 12.1 Å². The van der Waals surface area contributed by atoms with Crippen LogP contribution in [-0.4, -0.2) is 5.78 Å². The minimum absolute atomic E-state index is 0.161. The van der Waals surface area contributed by atoms with E-state index in [1.54, 1.807) is 6.92 Å². The Bertz CT molecular complexity index is 418. The molecule has 1 rings (SSSR count). The Morgan fingerprint density at radius 1 is 0.783 bits per heavy atom. The molecule has 1 aromatic rings. The predicted molar refractivity (Wildman–Crippen MR) is 101 cm³/mol. The van der Waals surface area contributed by atoms with Crippen molar-refractivity contribution in [1.29, 1.82) is 0 Å². The maximum absolute atomic E-state index is 11.4. The second kappa shape index (κ2) is 12.3. The molecule has 0 aliphatic heterocycles. The highest BCUT2D eigenvalue weighted by atomic mass is 16.1. The van der Waals surface area contributed by atoms with E-state index in [0.717, 1.165) is 5.56 Å². The second-order valence-corrected chi connectivity index (χ2v) is 6.93. The van der Waals surface area contributed by atoms with Gasteiger partial charge in [0.15, 0.2) is 5.78 Å². The fourth-order valence-corrected chi connectivity index (χ4v) is 3.27. The van der Waals surface area contributed by atoms with Crippen LogP contribution >= 0.6 is 0 Å². The number of Topliss-reactive ketones (excluding diaryl/α,β-unsaturated/α-hetero) is 1. The van der Waals surface area contributed by atoms with E-state index in [9.17, 15) is 4.79 Å². The average Bonchev–Trinajstić information content (AvgIpc) is 2.57. The number of unbranched alkanes of at least 4 members (excludes halogenated alkanes) is 7. The van der Waals surface area contributed by atoms with Crippen LogP contribution in [0.15, 0.2) is 24.3 Å². The molecule has 130 valence electrons. The zero-order valence-electron chi connectivity index (χ0n) is 15.6. The monoisotopic (exact) mass is 316 g/mol. The second-order valence-electron chi connectivity index (χ2n) is 6.93. The van der Waals surface area contributed by atoms with Crippen LogP contribution in [0.3, 0.4) is 0 Å². The van der Waals surface area contributed by atoms with Gasteiger partial charge in [0, 0.05) is 5.56 Å². The largest absolute Gasteiger partial charge is 0.295 e. The van der Waals surface area contributed by atoms with E-state index in [2.05, 4.69) is 26.0 Å². The van der Waals surface area contributed by atoms with Crippen molar-refractivity contribution in [1.82, 2.24) is 0 Å². The van der Waals surface area contributed by atoms with Crippen molar-refractivity contribution in [3.8, 4) is 0 Å². The average molecular weight is 317 g/mol. The van der Waals surface area contributed by atoms with Gasteiger partial charge in [0.2, 0.25) is 0 Å². The Morgan fingerprint density at radius 2 is 1.30 bits per heavy atom. The molecule has 1 atom stereocenters. The van der Waals surface area contributed by atoms with E-state index in [4.69, 9.17) is 0 Å². The molecule has 0 unspecified atom stereocenters. The lowest BCUT2D eigenvalue weighted by Gasteiger charge is -2.17. The lowest BCUT2D eigenvalue weighted by atomic mass is 9.88. The molecule has 0 N–H and O–H groups in total. The standard InChI is InChI=1S/C22H36O/c1-4-6-8-9-10-11-12-14-21(13-7-5-2)22-17-15-20(16-18-22)19(3)23/h15-18,21H,4-14H2,1-3H3/t21-/m0/s1. The maximum Gasteiger partial charge on any atom is 0.159 e. The summed E-state index contributed by atoms with van der Waals surface area (Å²) in [5, 5.41) is 0. The van der Waals surface area contributed by atoms with E-state index < -0.39 is 0 Å². The summed E-state index contributed by atoms with van der Waals surface area (Å²) in [6.45, 7) is 6.18. The number of hydrogen-bond acceptors (Lipinski definition) is 1. The highest BCUT2D eigenvalue weighted by Crippen LogP contribution is 2.28. The molecule has 23 heavy (non-hydrogen) atoms. The Kier molecular flexibility index (Phi) is 10.7. The number of rotatable bonds is 13. The van der Waals surface area contributed by atoms with Crippen LogP contribution in [0.4, 0.5) is 0 Å². The molecule has 0 radical (unpaired) electrons. The zero-order chi connectivity index (χ0) is 16.9. The predicted octanol–water partition coefficient (Wildman–Crippen LogP) is 7.30. The van der Waals surface area contributed by atoms with Gasteiger partial charge in [0.25, 0.3) is 0 Å². The fraction of sp³-hybridized carbons (Fsp3) is 0.682. The number of ketones is 1. The normalized spacial score (nSPS) is 12.3. The van der Waals surface area contributed by atoms with Crippen molar-refractivity contribution in [3.05, 3.63) is 35.4 Å². The molecule has 1 aromatic carbocycles. The summed E-state index contributed by atoms with van der Waals surface area (Å²) < 4.78 is 0. The van der Waals surface area contributed by atoms with E-state index in [0.29, 0.717) is 5.92 Å². The molecular formula is C22H36O. The Labute approximate surface area is 143 Å². The van der Waals surface area contributed by atoms with E-state index in [1.165, 1.54) is 76.2 Å². The zero-order valence-corrected chi connectivity index (χ0v) is 15.6. The van der Waals surface area contributed by atoms with Crippen molar-refractivity contribution in [3.63, 3.8) is 0 Å². The maximum atomic E-state index is 11.4. The minimum atomic E-state index is 0.161. The Balaban J connectivity index is 2.43. The minimum Gasteiger partial charge on any atom is -0.295 e. The molecular weight excluding hydrogens is 280 g/mol. The molecule has 0 saturated carbocycles. The van der Waals surface area contributed by atoms with Crippen LogP contribution in [0, 0.1) is 0 Å². The third-order valence-electron chi connectivity index (χ3n) is 4.85. The van der Waals surface area contributed by atoms with Crippen molar-refractivity contribution < 1.29 is 4.79 Å². The summed E-state index contributed by atoms with van der Waals surface area (Å²) in [4.78, 5) is 11.4. The van der Waals surface area contributed by atoms with Gasteiger partial charge in [-0.05, 0) is 31.2 Å². The smallest absolute Gasteiger partial charge is 0.159 e. The summed E-state index contributed by atoms with van der Waals surface area (Å²) >= 11 is 0. The van der Waals surface area contributed by atoms with Crippen molar-refractivity contribution >= 4 is 5.78 Å². The first-order valence-corrected chi connectivity index (χ1v) is 9.79. The van der Waals surface area contributed by atoms with Crippen molar-refractivity contribution in [2.24, 2.45) is 0 Å². The summed E-state index contributed by atoms with van der Waals surface area (Å²) in [5.74, 6) is 0.834. The highest BCUT2D eigenvalue weighted by Gasteiger charge is 2.11. The molecule has 0 aromatic heterocycles. The van der Waals surface area contributed by atoms with Gasteiger partial charge in [-0.15, -0.1) is 0 Å². The third-order valence-corrected chi connectivity index (χ3v) is 4.85. The van der Waals surface area contributed by atoms with Crippen LogP contribution in [0.1, 0.15) is 113 Å². The van der Waals surface area contributed by atoms with Crippen molar-refractivity contribution in [2.75, 3.05) is 0 Å². The van der Waals surface area contributed by atoms with Gasteiger partial charge in [-0.2, -0.15) is 0 Å².